The highest BCUT2D eigenvalue weighted by Gasteiger charge is 2.19. The van der Waals surface area contributed by atoms with Gasteiger partial charge in [0.1, 0.15) is 5.82 Å². The summed E-state index contributed by atoms with van der Waals surface area (Å²) in [4.78, 5) is 0.902. The highest BCUT2D eigenvalue weighted by molar-refractivity contribution is 8.00. The van der Waals surface area contributed by atoms with Crippen LogP contribution in [0.5, 0.6) is 0 Å². The molecule has 0 heterocycles. The molecule has 88 valence electrons. The summed E-state index contributed by atoms with van der Waals surface area (Å²) in [5.41, 5.74) is 6.55. The second-order valence-electron chi connectivity index (χ2n) is 4.68. The summed E-state index contributed by atoms with van der Waals surface area (Å²) < 4.78 is 13.1. The quantitative estimate of drug-likeness (QED) is 0.787. The first-order chi connectivity index (χ1) is 7.65. The minimum absolute atomic E-state index is 0.194. The summed E-state index contributed by atoms with van der Waals surface area (Å²) in [6, 6.07) is 4.63. The Hall–Kier alpha value is -0.700. The van der Waals surface area contributed by atoms with Crippen molar-refractivity contribution in [3.8, 4) is 0 Å². The first-order valence-corrected chi connectivity index (χ1v) is 6.75. The molecule has 1 saturated carbocycles. The van der Waals surface area contributed by atoms with E-state index in [9.17, 15) is 4.39 Å². The van der Waals surface area contributed by atoms with Crippen molar-refractivity contribution in [1.82, 2.24) is 0 Å². The van der Waals surface area contributed by atoms with Crippen LogP contribution in [0, 0.1) is 11.7 Å². The van der Waals surface area contributed by atoms with Crippen LogP contribution in [0.4, 0.5) is 10.1 Å². The van der Waals surface area contributed by atoms with E-state index in [4.69, 9.17) is 5.73 Å². The highest BCUT2D eigenvalue weighted by atomic mass is 32.2. The van der Waals surface area contributed by atoms with E-state index >= 15 is 0 Å². The monoisotopic (exact) mass is 239 g/mol. The smallest absolute Gasteiger partial charge is 0.124 e. The number of thioether (sulfide) groups is 1. The molecule has 1 aliphatic rings. The van der Waals surface area contributed by atoms with Crippen molar-refractivity contribution in [2.24, 2.45) is 5.92 Å². The predicted molar refractivity (Wildman–Crippen MR) is 68.1 cm³/mol. The molecular weight excluding hydrogens is 221 g/mol. The number of hydrogen-bond donors (Lipinski definition) is 1. The normalized spacial score (nSPS) is 25.6. The fourth-order valence-electron chi connectivity index (χ4n) is 2.14. The van der Waals surface area contributed by atoms with E-state index in [0.717, 1.165) is 10.8 Å². The molecule has 0 amide bonds. The molecule has 0 spiro atoms. The lowest BCUT2D eigenvalue weighted by molar-refractivity contribution is 0.393. The average Bonchev–Trinajstić information content (AvgIpc) is 2.27. The van der Waals surface area contributed by atoms with Gasteiger partial charge in [-0.05, 0) is 49.8 Å². The van der Waals surface area contributed by atoms with Crippen LogP contribution in [0.1, 0.15) is 32.6 Å². The maximum atomic E-state index is 13.1. The van der Waals surface area contributed by atoms with Gasteiger partial charge in [0.2, 0.25) is 0 Å². The molecule has 1 aromatic rings. The van der Waals surface area contributed by atoms with Crippen LogP contribution in [-0.4, -0.2) is 5.25 Å². The fraction of sp³-hybridized carbons (Fsp3) is 0.538. The Labute approximate surface area is 101 Å². The van der Waals surface area contributed by atoms with Gasteiger partial charge in [0.25, 0.3) is 0 Å². The predicted octanol–water partition coefficient (Wildman–Crippen LogP) is 4.08. The van der Waals surface area contributed by atoms with E-state index < -0.39 is 0 Å². The van der Waals surface area contributed by atoms with Crippen molar-refractivity contribution in [2.45, 2.75) is 42.8 Å². The number of hydrogen-bond acceptors (Lipinski definition) is 2. The van der Waals surface area contributed by atoms with Gasteiger partial charge in [-0.2, -0.15) is 0 Å². The van der Waals surface area contributed by atoms with Gasteiger partial charge >= 0.3 is 0 Å². The number of nitrogen functional groups attached to an aromatic ring is 1. The summed E-state index contributed by atoms with van der Waals surface area (Å²) in [7, 11) is 0. The van der Waals surface area contributed by atoms with Gasteiger partial charge in [0.15, 0.2) is 0 Å². The fourth-order valence-corrected chi connectivity index (χ4v) is 3.39. The molecule has 0 aromatic heterocycles. The third-order valence-corrected chi connectivity index (χ3v) is 4.64. The Morgan fingerprint density at radius 3 is 2.62 bits per heavy atom. The number of anilines is 1. The molecule has 1 aliphatic carbocycles. The van der Waals surface area contributed by atoms with Crippen LogP contribution < -0.4 is 5.73 Å². The molecule has 3 heteroatoms. The topological polar surface area (TPSA) is 26.0 Å². The van der Waals surface area contributed by atoms with Gasteiger partial charge in [0, 0.05) is 15.8 Å². The van der Waals surface area contributed by atoms with Crippen molar-refractivity contribution in [3.05, 3.63) is 24.0 Å². The minimum atomic E-state index is -0.194. The van der Waals surface area contributed by atoms with Crippen molar-refractivity contribution in [1.29, 1.82) is 0 Å². The maximum absolute atomic E-state index is 13.1. The molecule has 0 radical (unpaired) electrons. The van der Waals surface area contributed by atoms with E-state index in [2.05, 4.69) is 6.92 Å². The molecule has 2 rings (SSSR count). The second kappa shape index (κ2) is 5.09. The van der Waals surface area contributed by atoms with E-state index in [1.165, 1.54) is 31.7 Å². The molecule has 0 saturated heterocycles. The van der Waals surface area contributed by atoms with Crippen LogP contribution >= 0.6 is 11.8 Å². The Kier molecular flexibility index (Phi) is 3.74. The van der Waals surface area contributed by atoms with Crippen molar-refractivity contribution >= 4 is 17.4 Å². The first kappa shape index (κ1) is 11.8. The van der Waals surface area contributed by atoms with Crippen molar-refractivity contribution in [3.63, 3.8) is 0 Å². The molecule has 0 aliphatic heterocycles. The van der Waals surface area contributed by atoms with Crippen LogP contribution in [0.2, 0.25) is 0 Å². The van der Waals surface area contributed by atoms with E-state index in [1.807, 2.05) is 0 Å². The largest absolute Gasteiger partial charge is 0.398 e. The van der Waals surface area contributed by atoms with Gasteiger partial charge in [-0.1, -0.05) is 6.92 Å². The molecular formula is C13H18FNS. The molecule has 0 atom stereocenters. The van der Waals surface area contributed by atoms with Crippen LogP contribution in [-0.2, 0) is 0 Å². The molecule has 1 aromatic carbocycles. The zero-order valence-electron chi connectivity index (χ0n) is 9.58. The summed E-state index contributed by atoms with van der Waals surface area (Å²) >= 11 is 1.74. The molecule has 0 unspecified atom stereocenters. The lowest BCUT2D eigenvalue weighted by atomic mass is 9.91. The summed E-state index contributed by atoms with van der Waals surface area (Å²) in [6.07, 6.45) is 5.02. The van der Waals surface area contributed by atoms with Gasteiger partial charge in [-0.15, -0.1) is 11.8 Å². The van der Waals surface area contributed by atoms with Gasteiger partial charge < -0.3 is 5.73 Å². The molecule has 2 N–H and O–H groups in total. The Morgan fingerprint density at radius 1 is 1.25 bits per heavy atom. The standard InChI is InChI=1S/C13H18FNS/c1-9-2-5-11(6-3-9)16-13-8-10(14)4-7-12(13)15/h4,7-9,11H,2-3,5-6,15H2,1H3. The van der Waals surface area contributed by atoms with Crippen LogP contribution in [0.25, 0.3) is 0 Å². The minimum Gasteiger partial charge on any atom is -0.398 e. The lowest BCUT2D eigenvalue weighted by Crippen LogP contribution is -2.14. The third kappa shape index (κ3) is 2.91. The number of benzene rings is 1. The van der Waals surface area contributed by atoms with E-state index in [0.29, 0.717) is 10.9 Å². The molecule has 1 nitrogen and oxygen atoms in total. The number of rotatable bonds is 2. The van der Waals surface area contributed by atoms with Crippen LogP contribution in [0.3, 0.4) is 0 Å². The number of nitrogens with two attached hydrogens (primary N) is 1. The van der Waals surface area contributed by atoms with E-state index in [1.54, 1.807) is 23.9 Å². The summed E-state index contributed by atoms with van der Waals surface area (Å²) in [5.74, 6) is 0.655. The number of halogens is 1. The second-order valence-corrected chi connectivity index (χ2v) is 6.02. The Morgan fingerprint density at radius 2 is 1.94 bits per heavy atom. The zero-order valence-corrected chi connectivity index (χ0v) is 10.4. The summed E-state index contributed by atoms with van der Waals surface area (Å²) in [6.45, 7) is 2.30. The first-order valence-electron chi connectivity index (χ1n) is 5.87. The summed E-state index contributed by atoms with van der Waals surface area (Å²) in [5, 5.41) is 0.611. The average molecular weight is 239 g/mol. The molecule has 0 bridgehead atoms. The molecule has 16 heavy (non-hydrogen) atoms. The van der Waals surface area contributed by atoms with Gasteiger partial charge in [0.05, 0.1) is 0 Å². The Bertz CT molecular complexity index is 359. The van der Waals surface area contributed by atoms with E-state index in [-0.39, 0.29) is 5.82 Å². The SMILES string of the molecule is CC1CCC(Sc2cc(F)ccc2N)CC1. The highest BCUT2D eigenvalue weighted by Crippen LogP contribution is 2.38. The third-order valence-electron chi connectivity index (χ3n) is 3.23. The van der Waals surface area contributed by atoms with Gasteiger partial charge in [-0.25, -0.2) is 4.39 Å². The lowest BCUT2D eigenvalue weighted by Gasteiger charge is -2.25. The van der Waals surface area contributed by atoms with Crippen molar-refractivity contribution in [2.75, 3.05) is 5.73 Å². The zero-order chi connectivity index (χ0) is 11.5. The van der Waals surface area contributed by atoms with Gasteiger partial charge in [-0.3, -0.25) is 0 Å². The van der Waals surface area contributed by atoms with Crippen LogP contribution in [0.15, 0.2) is 23.1 Å². The van der Waals surface area contributed by atoms with Crippen molar-refractivity contribution < 1.29 is 4.39 Å². The Balaban J connectivity index is 2.00. The maximum Gasteiger partial charge on any atom is 0.124 e. The molecule has 1 fully saturated rings.